The SMILES string of the molecule is COC1CC(NC(=O)N2CCn3nc(-c4ccc(F)c(Cl)c4)c(C(N)=O)c3C2)C1. The van der Waals surface area contributed by atoms with E-state index in [1.54, 1.807) is 16.7 Å². The van der Waals surface area contributed by atoms with Gasteiger partial charge in [0.15, 0.2) is 0 Å². The number of methoxy groups -OCH3 is 1. The van der Waals surface area contributed by atoms with E-state index in [9.17, 15) is 14.0 Å². The molecule has 0 saturated heterocycles. The minimum Gasteiger partial charge on any atom is -0.381 e. The highest BCUT2D eigenvalue weighted by atomic mass is 35.5. The molecule has 29 heavy (non-hydrogen) atoms. The molecule has 0 atom stereocenters. The van der Waals surface area contributed by atoms with Gasteiger partial charge < -0.3 is 20.7 Å². The second kappa shape index (κ2) is 7.64. The lowest BCUT2D eigenvalue weighted by Gasteiger charge is -2.37. The smallest absolute Gasteiger partial charge is 0.318 e. The minimum atomic E-state index is -0.661. The van der Waals surface area contributed by atoms with Gasteiger partial charge in [-0.1, -0.05) is 11.6 Å². The first-order chi connectivity index (χ1) is 13.9. The molecule has 2 heterocycles. The number of carbonyl (C=O) groups is 2. The van der Waals surface area contributed by atoms with Crippen LogP contribution in [0.2, 0.25) is 5.02 Å². The number of carbonyl (C=O) groups excluding carboxylic acids is 2. The Kier molecular flexibility index (Phi) is 5.18. The van der Waals surface area contributed by atoms with Gasteiger partial charge in [0.1, 0.15) is 11.5 Å². The Balaban J connectivity index is 1.57. The maximum absolute atomic E-state index is 13.5. The van der Waals surface area contributed by atoms with Gasteiger partial charge in [0.2, 0.25) is 0 Å². The van der Waals surface area contributed by atoms with E-state index in [1.807, 2.05) is 0 Å². The third-order valence-corrected chi connectivity index (χ3v) is 5.75. The molecule has 1 aliphatic carbocycles. The highest BCUT2D eigenvalue weighted by Crippen LogP contribution is 2.31. The fraction of sp³-hybridized carbons (Fsp3) is 0.421. The molecule has 8 nitrogen and oxygen atoms in total. The largest absolute Gasteiger partial charge is 0.381 e. The first-order valence-electron chi connectivity index (χ1n) is 9.30. The van der Waals surface area contributed by atoms with Crippen molar-refractivity contribution in [2.45, 2.75) is 38.1 Å². The van der Waals surface area contributed by atoms with Crippen LogP contribution in [-0.2, 0) is 17.8 Å². The summed E-state index contributed by atoms with van der Waals surface area (Å²) in [5.41, 5.74) is 7.21. The Morgan fingerprint density at radius 3 is 2.76 bits per heavy atom. The number of hydrogen-bond donors (Lipinski definition) is 2. The minimum absolute atomic E-state index is 0.0697. The molecular formula is C19H21ClFN5O3. The van der Waals surface area contributed by atoms with Gasteiger partial charge in [0, 0.05) is 25.3 Å². The first-order valence-corrected chi connectivity index (χ1v) is 9.68. The Labute approximate surface area is 171 Å². The van der Waals surface area contributed by atoms with Crippen LogP contribution in [0.5, 0.6) is 0 Å². The molecule has 0 radical (unpaired) electrons. The van der Waals surface area contributed by atoms with Gasteiger partial charge >= 0.3 is 6.03 Å². The van der Waals surface area contributed by atoms with Crippen molar-refractivity contribution in [3.63, 3.8) is 0 Å². The molecule has 0 spiro atoms. The summed E-state index contributed by atoms with van der Waals surface area (Å²) >= 11 is 5.88. The maximum Gasteiger partial charge on any atom is 0.318 e. The molecule has 154 valence electrons. The number of nitrogens with zero attached hydrogens (tertiary/aromatic N) is 3. The van der Waals surface area contributed by atoms with E-state index in [4.69, 9.17) is 22.1 Å². The summed E-state index contributed by atoms with van der Waals surface area (Å²) in [6, 6.07) is 4.01. The van der Waals surface area contributed by atoms with Gasteiger partial charge in [0.25, 0.3) is 5.91 Å². The van der Waals surface area contributed by atoms with Gasteiger partial charge in [-0.15, -0.1) is 0 Å². The highest BCUT2D eigenvalue weighted by Gasteiger charge is 2.34. The van der Waals surface area contributed by atoms with Crippen LogP contribution in [-0.4, -0.2) is 52.4 Å². The number of ether oxygens (including phenoxy) is 1. The second-order valence-corrected chi connectivity index (χ2v) is 7.69. The topological polar surface area (TPSA) is 102 Å². The molecule has 4 rings (SSSR count). The average molecular weight is 422 g/mol. The monoisotopic (exact) mass is 421 g/mol. The molecule has 1 aliphatic heterocycles. The molecule has 2 aromatic rings. The van der Waals surface area contributed by atoms with Gasteiger partial charge in [-0.25, -0.2) is 9.18 Å². The molecule has 1 fully saturated rings. The normalized spacial score (nSPS) is 20.7. The van der Waals surface area contributed by atoms with E-state index in [0.717, 1.165) is 12.8 Å². The van der Waals surface area contributed by atoms with Crippen molar-refractivity contribution in [1.29, 1.82) is 0 Å². The molecule has 10 heteroatoms. The lowest BCUT2D eigenvalue weighted by atomic mass is 9.89. The molecule has 1 saturated carbocycles. The predicted molar refractivity (Wildman–Crippen MR) is 104 cm³/mol. The molecule has 0 unspecified atom stereocenters. The van der Waals surface area contributed by atoms with Crippen LogP contribution in [0.4, 0.5) is 9.18 Å². The van der Waals surface area contributed by atoms with Gasteiger partial charge in [-0.2, -0.15) is 5.10 Å². The van der Waals surface area contributed by atoms with E-state index in [1.165, 1.54) is 18.2 Å². The number of aromatic nitrogens is 2. The number of benzene rings is 1. The van der Waals surface area contributed by atoms with Gasteiger partial charge in [-0.3, -0.25) is 9.48 Å². The van der Waals surface area contributed by atoms with Crippen molar-refractivity contribution in [2.24, 2.45) is 5.73 Å². The molecular weight excluding hydrogens is 401 g/mol. The van der Waals surface area contributed by atoms with Gasteiger partial charge in [0.05, 0.1) is 35.5 Å². The number of primary amides is 1. The summed E-state index contributed by atoms with van der Waals surface area (Å²) < 4.78 is 20.4. The Hall–Kier alpha value is -2.65. The zero-order valence-corrected chi connectivity index (χ0v) is 16.6. The predicted octanol–water partition coefficient (Wildman–Crippen LogP) is 2.14. The number of nitrogens with two attached hydrogens (primary N) is 1. The third-order valence-electron chi connectivity index (χ3n) is 5.46. The van der Waals surface area contributed by atoms with E-state index < -0.39 is 11.7 Å². The summed E-state index contributed by atoms with van der Waals surface area (Å²) in [6.45, 7) is 1.07. The van der Waals surface area contributed by atoms with Crippen LogP contribution in [0.15, 0.2) is 18.2 Å². The van der Waals surface area contributed by atoms with Crippen LogP contribution in [0, 0.1) is 5.82 Å². The number of halogens is 2. The molecule has 1 aromatic carbocycles. The quantitative estimate of drug-likeness (QED) is 0.789. The molecule has 3 N–H and O–H groups in total. The summed E-state index contributed by atoms with van der Waals surface area (Å²) in [6.07, 6.45) is 1.76. The summed E-state index contributed by atoms with van der Waals surface area (Å²) in [4.78, 5) is 26.4. The van der Waals surface area contributed by atoms with Crippen molar-refractivity contribution in [3.05, 3.63) is 40.3 Å². The Morgan fingerprint density at radius 2 is 2.10 bits per heavy atom. The number of urea groups is 1. The number of nitrogens with one attached hydrogen (secondary N) is 1. The van der Waals surface area contributed by atoms with Crippen molar-refractivity contribution in [1.82, 2.24) is 20.0 Å². The second-order valence-electron chi connectivity index (χ2n) is 7.28. The number of fused-ring (bicyclic) bond motifs is 1. The standard InChI is InChI=1S/C19H21ClFN5O3/c1-29-12-7-11(8-12)23-19(28)25-4-5-26-15(9-25)16(18(22)27)17(24-26)10-2-3-14(21)13(20)6-10/h2-3,6,11-12H,4-5,7-9H2,1H3,(H2,22,27)(H,23,28). The maximum atomic E-state index is 13.5. The van der Waals surface area contributed by atoms with E-state index >= 15 is 0 Å². The van der Waals surface area contributed by atoms with E-state index in [-0.39, 0.29) is 35.3 Å². The fourth-order valence-electron chi connectivity index (χ4n) is 3.74. The van der Waals surface area contributed by atoms with Crippen molar-refractivity contribution >= 4 is 23.5 Å². The molecule has 3 amide bonds. The summed E-state index contributed by atoms with van der Waals surface area (Å²) in [5, 5.41) is 7.39. The Bertz CT molecular complexity index is 973. The first kappa shape index (κ1) is 19.7. The van der Waals surface area contributed by atoms with E-state index in [2.05, 4.69) is 10.4 Å². The van der Waals surface area contributed by atoms with Crippen LogP contribution >= 0.6 is 11.6 Å². The van der Waals surface area contributed by atoms with Crippen molar-refractivity contribution in [2.75, 3.05) is 13.7 Å². The van der Waals surface area contributed by atoms with Crippen LogP contribution in [0.25, 0.3) is 11.3 Å². The lowest BCUT2D eigenvalue weighted by Crippen LogP contribution is -2.53. The summed E-state index contributed by atoms with van der Waals surface area (Å²) in [7, 11) is 1.66. The van der Waals surface area contributed by atoms with Crippen LogP contribution < -0.4 is 11.1 Å². The third kappa shape index (κ3) is 3.67. The van der Waals surface area contributed by atoms with Crippen molar-refractivity contribution in [3.8, 4) is 11.3 Å². The molecule has 1 aromatic heterocycles. The molecule has 2 aliphatic rings. The number of amides is 3. The van der Waals surface area contributed by atoms with Crippen molar-refractivity contribution < 1.29 is 18.7 Å². The van der Waals surface area contributed by atoms with Crippen LogP contribution in [0.1, 0.15) is 28.9 Å². The number of hydrogen-bond acceptors (Lipinski definition) is 4. The molecule has 0 bridgehead atoms. The van der Waals surface area contributed by atoms with Crippen LogP contribution in [0.3, 0.4) is 0 Å². The Morgan fingerprint density at radius 1 is 1.34 bits per heavy atom. The average Bonchev–Trinajstić information content (AvgIpc) is 3.05. The van der Waals surface area contributed by atoms with Gasteiger partial charge in [-0.05, 0) is 31.0 Å². The fourth-order valence-corrected chi connectivity index (χ4v) is 3.92. The zero-order chi connectivity index (χ0) is 20.7. The summed E-state index contributed by atoms with van der Waals surface area (Å²) in [5.74, 6) is -1.22. The number of rotatable bonds is 4. The van der Waals surface area contributed by atoms with E-state index in [0.29, 0.717) is 30.0 Å². The zero-order valence-electron chi connectivity index (χ0n) is 15.8. The highest BCUT2D eigenvalue weighted by molar-refractivity contribution is 6.31. The lowest BCUT2D eigenvalue weighted by molar-refractivity contribution is 0.0187.